The molecule has 42 heavy (non-hydrogen) atoms. The topological polar surface area (TPSA) is 100.0 Å². The Hall–Kier alpha value is -2.37. The van der Waals surface area contributed by atoms with Crippen molar-refractivity contribution in [1.82, 2.24) is 15.3 Å². The van der Waals surface area contributed by atoms with E-state index in [2.05, 4.69) is 86.4 Å². The second kappa shape index (κ2) is 16.5. The summed E-state index contributed by atoms with van der Waals surface area (Å²) in [6, 6.07) is 16.5. The third-order valence-corrected chi connectivity index (χ3v) is 7.86. The summed E-state index contributed by atoms with van der Waals surface area (Å²) in [4.78, 5) is 11.1. The van der Waals surface area contributed by atoms with Gasteiger partial charge in [0.25, 0.3) is 0 Å². The van der Waals surface area contributed by atoms with Crippen LogP contribution >= 0.6 is 28.3 Å². The van der Waals surface area contributed by atoms with E-state index in [1.807, 2.05) is 38.4 Å². The molecule has 8 nitrogen and oxygen atoms in total. The van der Waals surface area contributed by atoms with Crippen LogP contribution in [0.15, 0.2) is 65.4 Å². The van der Waals surface area contributed by atoms with Crippen LogP contribution in [0.5, 0.6) is 0 Å². The molecule has 2 fully saturated rings. The monoisotopic (exact) mass is 660 g/mol. The average molecular weight is 662 g/mol. The Morgan fingerprint density at radius 2 is 1.40 bits per heavy atom. The summed E-state index contributed by atoms with van der Waals surface area (Å²) in [5.74, 6) is 0. The molecule has 0 bridgehead atoms. The number of hydrogen-bond acceptors (Lipinski definition) is 8. The number of benzene rings is 2. The number of ether oxygens (including phenoxy) is 2. The summed E-state index contributed by atoms with van der Waals surface area (Å²) < 4.78 is 12.1. The van der Waals surface area contributed by atoms with Crippen LogP contribution < -0.4 is 10.2 Å². The number of anilines is 1. The first kappa shape index (κ1) is 34.1. The van der Waals surface area contributed by atoms with Gasteiger partial charge in [-0.3, -0.25) is 9.97 Å². The van der Waals surface area contributed by atoms with Crippen molar-refractivity contribution in [3.8, 4) is 0 Å². The minimum Gasteiger partial charge on any atom is -0.394 e. The van der Waals surface area contributed by atoms with Crippen LogP contribution in [-0.4, -0.2) is 84.0 Å². The van der Waals surface area contributed by atoms with E-state index in [9.17, 15) is 5.11 Å². The van der Waals surface area contributed by atoms with Gasteiger partial charge in [-0.25, -0.2) is 0 Å². The first-order valence-electron chi connectivity index (χ1n) is 14.1. The largest absolute Gasteiger partial charge is 0.394 e. The van der Waals surface area contributed by atoms with Crippen molar-refractivity contribution in [3.05, 3.63) is 76.5 Å². The van der Waals surface area contributed by atoms with E-state index in [1.165, 1.54) is 27.6 Å². The number of pyridine rings is 2. The quantitative estimate of drug-likeness (QED) is 0.275. The van der Waals surface area contributed by atoms with Crippen LogP contribution in [0.3, 0.4) is 0 Å². The predicted molar refractivity (Wildman–Crippen MR) is 176 cm³/mol. The van der Waals surface area contributed by atoms with E-state index < -0.39 is 0 Å². The minimum absolute atomic E-state index is 0. The summed E-state index contributed by atoms with van der Waals surface area (Å²) in [6.07, 6.45) is 3.91. The Morgan fingerprint density at radius 1 is 0.810 bits per heavy atom. The lowest BCUT2D eigenvalue weighted by atomic mass is 10.1. The van der Waals surface area contributed by atoms with Gasteiger partial charge in [-0.05, 0) is 69.2 Å². The van der Waals surface area contributed by atoms with Gasteiger partial charge in [0.15, 0.2) is 0 Å². The summed E-state index contributed by atoms with van der Waals surface area (Å²) in [5.41, 5.74) is 5.70. The Balaban J connectivity index is 0.000000188. The first-order valence-corrected chi connectivity index (χ1v) is 14.9. The SMILES string of the molecule is C[C@@H]1CNC[C@H](CO)O1.Cc1ccc(Br)c2cccnc12.Cc1ccc(N2C[C@H](CO)O[C@H](C)C2)c2cccnc12.Cl. The molecule has 10 heteroatoms. The summed E-state index contributed by atoms with van der Waals surface area (Å²) in [7, 11) is 0. The molecule has 4 heterocycles. The summed E-state index contributed by atoms with van der Waals surface area (Å²) in [5, 5.41) is 23.5. The molecule has 2 aromatic carbocycles. The molecule has 2 saturated heterocycles. The van der Waals surface area contributed by atoms with Gasteiger partial charge in [-0.1, -0.05) is 34.1 Å². The molecule has 0 amide bonds. The van der Waals surface area contributed by atoms with Crippen LogP contribution in [0.25, 0.3) is 21.8 Å². The molecular weight excluding hydrogens is 620 g/mol. The third kappa shape index (κ3) is 8.83. The molecule has 0 saturated carbocycles. The fourth-order valence-corrected chi connectivity index (χ4v) is 5.63. The molecule has 2 aliphatic heterocycles. The highest BCUT2D eigenvalue weighted by Crippen LogP contribution is 2.30. The zero-order chi connectivity index (χ0) is 29.4. The van der Waals surface area contributed by atoms with Gasteiger partial charge < -0.3 is 29.9 Å². The lowest BCUT2D eigenvalue weighted by Gasteiger charge is -2.38. The molecule has 3 N–H and O–H groups in total. The van der Waals surface area contributed by atoms with Gasteiger partial charge in [0, 0.05) is 59.5 Å². The normalized spacial score (nSPS) is 21.9. The van der Waals surface area contributed by atoms with E-state index in [-0.39, 0.29) is 50.0 Å². The zero-order valence-corrected chi connectivity index (χ0v) is 27.1. The Morgan fingerprint density at radius 3 is 2.00 bits per heavy atom. The molecule has 0 spiro atoms. The third-order valence-electron chi connectivity index (χ3n) is 7.17. The summed E-state index contributed by atoms with van der Waals surface area (Å²) in [6.45, 7) is 11.6. The lowest BCUT2D eigenvalue weighted by molar-refractivity contribution is -0.0518. The van der Waals surface area contributed by atoms with Gasteiger partial charge in [-0.15, -0.1) is 12.4 Å². The molecule has 228 valence electrons. The van der Waals surface area contributed by atoms with Gasteiger partial charge in [-0.2, -0.15) is 0 Å². The highest BCUT2D eigenvalue weighted by atomic mass is 79.9. The molecule has 4 aromatic rings. The molecule has 0 radical (unpaired) electrons. The van der Waals surface area contributed by atoms with E-state index in [0.717, 1.165) is 35.1 Å². The lowest BCUT2D eigenvalue weighted by Crippen LogP contribution is -2.48. The number of aliphatic hydroxyl groups excluding tert-OH is 2. The van der Waals surface area contributed by atoms with Gasteiger partial charge in [0.2, 0.25) is 0 Å². The van der Waals surface area contributed by atoms with Gasteiger partial charge >= 0.3 is 0 Å². The molecule has 0 aliphatic carbocycles. The van der Waals surface area contributed by atoms with Gasteiger partial charge in [0.05, 0.1) is 48.7 Å². The maximum absolute atomic E-state index is 9.37. The van der Waals surface area contributed by atoms with Crippen molar-refractivity contribution in [1.29, 1.82) is 0 Å². The number of nitrogens with zero attached hydrogens (tertiary/aromatic N) is 3. The molecule has 6 rings (SSSR count). The average Bonchev–Trinajstić information content (AvgIpc) is 3.00. The second-order valence-electron chi connectivity index (χ2n) is 10.6. The van der Waals surface area contributed by atoms with Gasteiger partial charge in [0.1, 0.15) is 0 Å². The highest BCUT2D eigenvalue weighted by molar-refractivity contribution is 9.10. The number of nitrogens with one attached hydrogen (secondary N) is 1. The predicted octanol–water partition coefficient (Wildman–Crippen LogP) is 5.21. The second-order valence-corrected chi connectivity index (χ2v) is 11.5. The standard InChI is InChI=1S/C16H20N2O2.C10H8BrN.C6H13NO2.ClH/c1-11-5-6-15(14-4-3-7-17-16(11)14)18-8-12(2)20-13(9-18)10-19;1-7-4-5-9(11)8-3-2-6-12-10(7)8;1-5-2-7-3-6(4-8)9-5;/h3-7,12-13,19H,8-10H2,1-2H3;2-6H,1H3;5-8H,2-4H2,1H3;1H/t12-,13-;;5-,6-;/m1.1./s1. The maximum atomic E-state index is 9.37. The molecule has 2 aliphatic rings. The summed E-state index contributed by atoms with van der Waals surface area (Å²) >= 11 is 3.49. The van der Waals surface area contributed by atoms with Crippen molar-refractivity contribution in [3.63, 3.8) is 0 Å². The minimum atomic E-state index is -0.119. The first-order chi connectivity index (χ1) is 19.8. The zero-order valence-electron chi connectivity index (χ0n) is 24.7. The smallest absolute Gasteiger partial charge is 0.0984 e. The Labute approximate surface area is 263 Å². The Kier molecular flexibility index (Phi) is 13.4. The van der Waals surface area contributed by atoms with Crippen LogP contribution in [0.2, 0.25) is 0 Å². The fourth-order valence-electron chi connectivity index (χ4n) is 5.18. The fraction of sp³-hybridized carbons (Fsp3) is 0.438. The van der Waals surface area contributed by atoms with E-state index in [0.29, 0.717) is 6.54 Å². The van der Waals surface area contributed by atoms with Crippen LogP contribution in [0, 0.1) is 13.8 Å². The van der Waals surface area contributed by atoms with Crippen molar-refractivity contribution >= 4 is 55.8 Å². The molecular formula is C32H42BrClN4O4. The molecule has 2 aromatic heterocycles. The van der Waals surface area contributed by atoms with E-state index >= 15 is 0 Å². The number of fused-ring (bicyclic) bond motifs is 2. The number of halogens is 2. The van der Waals surface area contributed by atoms with Crippen molar-refractivity contribution in [2.75, 3.05) is 44.3 Å². The van der Waals surface area contributed by atoms with Crippen molar-refractivity contribution < 1.29 is 19.7 Å². The number of aryl methyl sites for hydroxylation is 2. The number of hydrogen-bond donors (Lipinski definition) is 3. The Bertz CT molecular complexity index is 1390. The van der Waals surface area contributed by atoms with Crippen molar-refractivity contribution in [2.45, 2.75) is 52.1 Å². The molecule has 4 atom stereocenters. The van der Waals surface area contributed by atoms with Crippen LogP contribution in [0.4, 0.5) is 5.69 Å². The molecule has 0 unspecified atom stereocenters. The highest BCUT2D eigenvalue weighted by Gasteiger charge is 2.26. The van der Waals surface area contributed by atoms with Crippen molar-refractivity contribution in [2.24, 2.45) is 0 Å². The van der Waals surface area contributed by atoms with Crippen LogP contribution in [-0.2, 0) is 9.47 Å². The van der Waals surface area contributed by atoms with E-state index in [4.69, 9.17) is 14.6 Å². The van der Waals surface area contributed by atoms with Crippen LogP contribution in [0.1, 0.15) is 25.0 Å². The number of aromatic nitrogens is 2. The number of rotatable bonds is 3. The maximum Gasteiger partial charge on any atom is 0.0984 e. The number of morpholine rings is 2. The number of aliphatic hydroxyl groups is 2. The van der Waals surface area contributed by atoms with E-state index in [1.54, 1.807) is 0 Å².